The maximum atomic E-state index is 12.9. The van der Waals surface area contributed by atoms with Gasteiger partial charge in [-0.3, -0.25) is 4.79 Å². The number of aromatic nitrogens is 3. The van der Waals surface area contributed by atoms with Gasteiger partial charge in [0.15, 0.2) is 0 Å². The second-order valence-electron chi connectivity index (χ2n) is 9.21. The number of methoxy groups -OCH3 is 1. The molecule has 1 fully saturated rings. The first-order valence-corrected chi connectivity index (χ1v) is 11.2. The van der Waals surface area contributed by atoms with Crippen LogP contribution in [0.25, 0.3) is 5.65 Å². The van der Waals surface area contributed by atoms with E-state index in [4.69, 9.17) is 9.47 Å². The van der Waals surface area contributed by atoms with E-state index in [1.165, 1.54) is 7.11 Å². The van der Waals surface area contributed by atoms with E-state index in [0.717, 1.165) is 11.4 Å². The molecule has 2 amide bonds. The molecule has 1 saturated heterocycles. The summed E-state index contributed by atoms with van der Waals surface area (Å²) in [7, 11) is 1.52. The Morgan fingerprint density at radius 2 is 1.82 bits per heavy atom. The van der Waals surface area contributed by atoms with E-state index in [1.807, 2.05) is 40.0 Å². The van der Waals surface area contributed by atoms with Crippen molar-refractivity contribution in [3.8, 4) is 5.75 Å². The molecule has 10 nitrogen and oxygen atoms in total. The highest BCUT2D eigenvalue weighted by atomic mass is 16.6. The highest BCUT2D eigenvalue weighted by Crippen LogP contribution is 2.23. The van der Waals surface area contributed by atoms with Gasteiger partial charge < -0.3 is 29.0 Å². The molecule has 3 aromatic heterocycles. The minimum absolute atomic E-state index is 0.289. The summed E-state index contributed by atoms with van der Waals surface area (Å²) in [6.07, 6.45) is 4.98. The predicted molar refractivity (Wildman–Crippen MR) is 129 cm³/mol. The van der Waals surface area contributed by atoms with E-state index < -0.39 is 5.60 Å². The Labute approximate surface area is 198 Å². The number of carbonyl (C=O) groups is 2. The summed E-state index contributed by atoms with van der Waals surface area (Å²) in [6, 6.07) is 5.40. The number of fused-ring (bicyclic) bond motifs is 1. The molecule has 0 unspecified atom stereocenters. The molecule has 180 valence electrons. The van der Waals surface area contributed by atoms with E-state index in [1.54, 1.807) is 33.8 Å². The molecule has 0 spiro atoms. The second-order valence-corrected chi connectivity index (χ2v) is 9.21. The molecule has 4 heterocycles. The van der Waals surface area contributed by atoms with Gasteiger partial charge in [0.2, 0.25) is 0 Å². The normalized spacial score (nSPS) is 14.3. The van der Waals surface area contributed by atoms with Gasteiger partial charge in [-0.1, -0.05) is 0 Å². The number of hydrogen-bond acceptors (Lipinski definition) is 7. The van der Waals surface area contributed by atoms with Crippen molar-refractivity contribution in [1.29, 1.82) is 0 Å². The number of hydrogen-bond donors (Lipinski definition) is 1. The van der Waals surface area contributed by atoms with Crippen LogP contribution < -0.4 is 15.0 Å². The lowest BCUT2D eigenvalue weighted by Gasteiger charge is -2.36. The highest BCUT2D eigenvalue weighted by molar-refractivity contribution is 6.05. The zero-order valence-electron chi connectivity index (χ0n) is 20.2. The molecule has 4 rings (SSSR count). The van der Waals surface area contributed by atoms with Crippen LogP contribution in [0.4, 0.5) is 16.3 Å². The summed E-state index contributed by atoms with van der Waals surface area (Å²) in [5.74, 6) is 0.552. The number of ether oxygens (including phenoxy) is 2. The molecule has 10 heteroatoms. The Kier molecular flexibility index (Phi) is 6.32. The first-order valence-electron chi connectivity index (χ1n) is 11.2. The Bertz CT molecular complexity index is 1190. The molecular formula is C24H30N6O4. The third kappa shape index (κ3) is 5.22. The van der Waals surface area contributed by atoms with E-state index >= 15 is 0 Å². The fraction of sp³-hybridized carbons (Fsp3) is 0.417. The van der Waals surface area contributed by atoms with Crippen LogP contribution >= 0.6 is 0 Å². The van der Waals surface area contributed by atoms with Crippen molar-refractivity contribution < 1.29 is 19.1 Å². The summed E-state index contributed by atoms with van der Waals surface area (Å²) in [5, 5.41) is 2.83. The smallest absolute Gasteiger partial charge is 0.410 e. The summed E-state index contributed by atoms with van der Waals surface area (Å²) in [5.41, 5.74) is 2.36. The number of carbonyl (C=O) groups excluding carboxylic acids is 2. The first-order chi connectivity index (χ1) is 16.1. The fourth-order valence-corrected chi connectivity index (χ4v) is 3.79. The molecule has 1 aliphatic rings. The lowest BCUT2D eigenvalue weighted by molar-refractivity contribution is 0.0240. The zero-order valence-corrected chi connectivity index (χ0v) is 20.2. The number of nitrogens with zero attached hydrogens (tertiary/aromatic N) is 5. The fourth-order valence-electron chi connectivity index (χ4n) is 3.79. The zero-order chi connectivity index (χ0) is 24.5. The monoisotopic (exact) mass is 466 g/mol. The average molecular weight is 467 g/mol. The molecule has 0 aliphatic carbocycles. The lowest BCUT2D eigenvalue weighted by Crippen LogP contribution is -2.50. The molecule has 0 saturated carbocycles. The number of nitrogens with one attached hydrogen (secondary N) is 1. The predicted octanol–water partition coefficient (Wildman–Crippen LogP) is 3.36. The van der Waals surface area contributed by atoms with Gasteiger partial charge in [-0.05, 0) is 39.8 Å². The quantitative estimate of drug-likeness (QED) is 0.629. The molecule has 1 aliphatic heterocycles. The van der Waals surface area contributed by atoms with E-state index in [2.05, 4.69) is 20.2 Å². The topological polar surface area (TPSA) is 101 Å². The third-order valence-corrected chi connectivity index (χ3v) is 5.43. The van der Waals surface area contributed by atoms with Crippen molar-refractivity contribution in [2.75, 3.05) is 43.5 Å². The summed E-state index contributed by atoms with van der Waals surface area (Å²) in [4.78, 5) is 37.8. The minimum Gasteiger partial charge on any atom is -0.496 e. The van der Waals surface area contributed by atoms with Gasteiger partial charge in [-0.25, -0.2) is 14.8 Å². The van der Waals surface area contributed by atoms with Crippen LogP contribution in [-0.2, 0) is 4.74 Å². The average Bonchev–Trinajstić information content (AvgIpc) is 3.16. The molecule has 0 radical (unpaired) electrons. The van der Waals surface area contributed by atoms with E-state index in [0.29, 0.717) is 49.0 Å². The number of aryl methyl sites for hydroxylation is 1. The van der Waals surface area contributed by atoms with Gasteiger partial charge >= 0.3 is 6.09 Å². The maximum Gasteiger partial charge on any atom is 0.410 e. The van der Waals surface area contributed by atoms with Crippen molar-refractivity contribution in [3.63, 3.8) is 0 Å². The standard InChI is InChI=1S/C24H30N6O4/c1-16-14-30-15-18(19(33-5)12-21(30)26-16)22(31)27-20-7-6-17(13-25-20)28-8-10-29(11-9-28)23(32)34-24(2,3)4/h6-7,12-15H,8-11H2,1-5H3,(H,25,27,31). The Hall–Kier alpha value is -3.82. The van der Waals surface area contributed by atoms with Gasteiger partial charge in [0.25, 0.3) is 5.91 Å². The van der Waals surface area contributed by atoms with Gasteiger partial charge in [0.1, 0.15) is 22.8 Å². The van der Waals surface area contributed by atoms with Crippen LogP contribution in [-0.4, -0.2) is 70.2 Å². The minimum atomic E-state index is -0.508. The molecule has 1 N–H and O–H groups in total. The highest BCUT2D eigenvalue weighted by Gasteiger charge is 2.26. The lowest BCUT2D eigenvalue weighted by atomic mass is 10.2. The van der Waals surface area contributed by atoms with Crippen LogP contribution in [0.3, 0.4) is 0 Å². The van der Waals surface area contributed by atoms with E-state index in [9.17, 15) is 9.59 Å². The molecular weight excluding hydrogens is 436 g/mol. The van der Waals surface area contributed by atoms with Crippen molar-refractivity contribution in [1.82, 2.24) is 19.3 Å². The van der Waals surface area contributed by atoms with E-state index in [-0.39, 0.29) is 12.0 Å². The SMILES string of the molecule is COc1cc2nc(C)cn2cc1C(=O)Nc1ccc(N2CCN(C(=O)OC(C)(C)C)CC2)cn1. The number of imidazole rings is 1. The summed E-state index contributed by atoms with van der Waals surface area (Å²) >= 11 is 0. The Morgan fingerprint density at radius 1 is 1.09 bits per heavy atom. The first kappa shape index (κ1) is 23.3. The van der Waals surface area contributed by atoms with Crippen LogP contribution in [0.5, 0.6) is 5.75 Å². The molecule has 0 bridgehead atoms. The van der Waals surface area contributed by atoms with Gasteiger partial charge in [0, 0.05) is 44.6 Å². The van der Waals surface area contributed by atoms with Crippen LogP contribution in [0.1, 0.15) is 36.8 Å². The van der Waals surface area contributed by atoms with Crippen molar-refractivity contribution in [2.45, 2.75) is 33.3 Å². The largest absolute Gasteiger partial charge is 0.496 e. The van der Waals surface area contributed by atoms with Crippen LogP contribution in [0.15, 0.2) is 36.8 Å². The number of rotatable bonds is 4. The van der Waals surface area contributed by atoms with Crippen LogP contribution in [0.2, 0.25) is 0 Å². The second kappa shape index (κ2) is 9.20. The number of anilines is 2. The van der Waals surface area contributed by atoms with Gasteiger partial charge in [-0.2, -0.15) is 0 Å². The molecule has 3 aromatic rings. The maximum absolute atomic E-state index is 12.9. The molecule has 0 aromatic carbocycles. The summed E-state index contributed by atoms with van der Waals surface area (Å²) < 4.78 is 12.6. The Morgan fingerprint density at radius 3 is 2.44 bits per heavy atom. The number of piperazine rings is 1. The summed E-state index contributed by atoms with van der Waals surface area (Å²) in [6.45, 7) is 9.97. The molecule has 34 heavy (non-hydrogen) atoms. The Balaban J connectivity index is 1.39. The number of amides is 2. The van der Waals surface area contributed by atoms with Crippen LogP contribution in [0, 0.1) is 6.92 Å². The van der Waals surface area contributed by atoms with Crippen molar-refractivity contribution in [2.24, 2.45) is 0 Å². The van der Waals surface area contributed by atoms with Crippen molar-refractivity contribution >= 4 is 29.2 Å². The third-order valence-electron chi connectivity index (χ3n) is 5.43. The number of pyridine rings is 2. The van der Waals surface area contributed by atoms with Gasteiger partial charge in [0.05, 0.1) is 30.3 Å². The van der Waals surface area contributed by atoms with Gasteiger partial charge in [-0.15, -0.1) is 0 Å². The van der Waals surface area contributed by atoms with Crippen molar-refractivity contribution in [3.05, 3.63) is 48.0 Å². The molecule has 0 atom stereocenters.